The van der Waals surface area contributed by atoms with Gasteiger partial charge in [0, 0.05) is 20.0 Å². The number of nitrogens with zero attached hydrogens (tertiary/aromatic N) is 2. The van der Waals surface area contributed by atoms with Gasteiger partial charge in [0.05, 0.1) is 6.34 Å². The molecule has 0 aromatic heterocycles. The molecule has 2 rings (SSSR count). The largest absolute Gasteiger partial charge is 0.573 e. The molecule has 0 saturated carbocycles. The van der Waals surface area contributed by atoms with E-state index in [0.29, 0.717) is 11.1 Å². The molecule has 0 aliphatic rings. The highest BCUT2D eigenvalue weighted by Crippen LogP contribution is 2.30. The minimum Gasteiger partial charge on any atom is -0.405 e. The number of para-hydroxylation sites is 1. The molecule has 0 unspecified atom stereocenters. The van der Waals surface area contributed by atoms with Crippen molar-refractivity contribution >= 4 is 12.0 Å². The van der Waals surface area contributed by atoms with E-state index in [0.717, 1.165) is 12.1 Å². The van der Waals surface area contributed by atoms with E-state index in [1.807, 2.05) is 14.0 Å². The molecule has 26 heavy (non-hydrogen) atoms. The summed E-state index contributed by atoms with van der Waals surface area (Å²) in [6, 6.07) is 8.73. The van der Waals surface area contributed by atoms with Gasteiger partial charge >= 0.3 is 6.36 Å². The van der Waals surface area contributed by atoms with Crippen molar-refractivity contribution in [1.29, 1.82) is 0 Å². The molecule has 140 valence electrons. The molecule has 0 atom stereocenters. The average molecular weight is 368 g/mol. The topological polar surface area (TPSA) is 24.8 Å². The predicted octanol–water partition coefficient (Wildman–Crippen LogP) is 5.24. The molecule has 0 saturated heterocycles. The van der Waals surface area contributed by atoms with Crippen LogP contribution in [0.2, 0.25) is 0 Å². The Hall–Kier alpha value is -2.57. The van der Waals surface area contributed by atoms with Gasteiger partial charge in [0.2, 0.25) is 0 Å². The number of hydrogen-bond donors (Lipinski definition) is 0. The van der Waals surface area contributed by atoms with Crippen molar-refractivity contribution in [2.45, 2.75) is 26.6 Å². The SMILES string of the molecule is CCN(C)/C=N/c1cc(C)c(Cc2ccccc2OC(F)(F)F)cc1F. The first-order chi connectivity index (χ1) is 12.2. The van der Waals surface area contributed by atoms with Crippen LogP contribution < -0.4 is 4.74 Å². The Balaban J connectivity index is 2.29. The summed E-state index contributed by atoms with van der Waals surface area (Å²) in [5, 5.41) is 0. The van der Waals surface area contributed by atoms with Crippen molar-refractivity contribution in [3.63, 3.8) is 0 Å². The molecular formula is C19H20F4N2O. The lowest BCUT2D eigenvalue weighted by Gasteiger charge is -2.14. The predicted molar refractivity (Wildman–Crippen MR) is 93.5 cm³/mol. The number of alkyl halides is 3. The molecule has 0 amide bonds. The molecule has 0 heterocycles. The second-order valence-corrected chi connectivity index (χ2v) is 5.88. The quantitative estimate of drug-likeness (QED) is 0.396. The van der Waals surface area contributed by atoms with E-state index >= 15 is 0 Å². The van der Waals surface area contributed by atoms with Gasteiger partial charge in [0.25, 0.3) is 0 Å². The number of aryl methyl sites for hydroxylation is 1. The molecule has 0 bridgehead atoms. The molecule has 2 aromatic carbocycles. The van der Waals surface area contributed by atoms with Gasteiger partial charge in [-0.05, 0) is 48.7 Å². The molecule has 7 heteroatoms. The third kappa shape index (κ3) is 5.47. The maximum Gasteiger partial charge on any atom is 0.573 e. The Kier molecular flexibility index (Phi) is 6.23. The Morgan fingerprint density at radius 2 is 1.85 bits per heavy atom. The molecule has 3 nitrogen and oxygen atoms in total. The van der Waals surface area contributed by atoms with E-state index in [9.17, 15) is 17.6 Å². The summed E-state index contributed by atoms with van der Waals surface area (Å²) >= 11 is 0. The van der Waals surface area contributed by atoms with Crippen LogP contribution in [0.3, 0.4) is 0 Å². The van der Waals surface area contributed by atoms with Gasteiger partial charge in [-0.1, -0.05) is 18.2 Å². The van der Waals surface area contributed by atoms with Crippen LogP contribution in [0.5, 0.6) is 5.75 Å². The van der Waals surface area contributed by atoms with Crippen molar-refractivity contribution in [3.8, 4) is 5.75 Å². The van der Waals surface area contributed by atoms with Gasteiger partial charge in [0.1, 0.15) is 17.3 Å². The fourth-order valence-corrected chi connectivity index (χ4v) is 2.32. The highest BCUT2D eigenvalue weighted by atomic mass is 19.4. The molecule has 0 fully saturated rings. The van der Waals surface area contributed by atoms with Crippen molar-refractivity contribution in [3.05, 3.63) is 58.9 Å². The zero-order valence-corrected chi connectivity index (χ0v) is 14.8. The number of benzene rings is 2. The summed E-state index contributed by atoms with van der Waals surface area (Å²) in [6.07, 6.45) is -3.13. The first-order valence-corrected chi connectivity index (χ1v) is 8.06. The first kappa shape index (κ1) is 19.8. The van der Waals surface area contributed by atoms with Crippen LogP contribution in [-0.2, 0) is 6.42 Å². The lowest BCUT2D eigenvalue weighted by molar-refractivity contribution is -0.274. The molecule has 0 spiro atoms. The summed E-state index contributed by atoms with van der Waals surface area (Å²) < 4.78 is 56.0. The molecule has 0 radical (unpaired) electrons. The van der Waals surface area contributed by atoms with Crippen LogP contribution in [0.15, 0.2) is 41.4 Å². The fraction of sp³-hybridized carbons (Fsp3) is 0.316. The highest BCUT2D eigenvalue weighted by molar-refractivity contribution is 5.62. The van der Waals surface area contributed by atoms with Crippen LogP contribution >= 0.6 is 0 Å². The lowest BCUT2D eigenvalue weighted by Crippen LogP contribution is -2.18. The van der Waals surface area contributed by atoms with Gasteiger partial charge in [-0.25, -0.2) is 9.38 Å². The van der Waals surface area contributed by atoms with E-state index in [2.05, 4.69) is 9.73 Å². The summed E-state index contributed by atoms with van der Waals surface area (Å²) in [7, 11) is 1.82. The number of aliphatic imine (C=N–C) groups is 1. The molecule has 0 aliphatic heterocycles. The number of hydrogen-bond acceptors (Lipinski definition) is 2. The summed E-state index contributed by atoms with van der Waals surface area (Å²) in [5.74, 6) is -0.813. The average Bonchev–Trinajstić information content (AvgIpc) is 2.56. The number of halogens is 4. The minimum absolute atomic E-state index is 0.119. The van der Waals surface area contributed by atoms with Gasteiger partial charge < -0.3 is 9.64 Å². The van der Waals surface area contributed by atoms with E-state index in [4.69, 9.17) is 0 Å². The van der Waals surface area contributed by atoms with Crippen LogP contribution in [0.25, 0.3) is 0 Å². The first-order valence-electron chi connectivity index (χ1n) is 8.06. The lowest BCUT2D eigenvalue weighted by atomic mass is 9.99. The number of ether oxygens (including phenoxy) is 1. The molecule has 0 aliphatic carbocycles. The van der Waals surface area contributed by atoms with Crippen molar-refractivity contribution in [2.24, 2.45) is 4.99 Å². The van der Waals surface area contributed by atoms with Crippen LogP contribution in [-0.4, -0.2) is 31.2 Å². The van der Waals surface area contributed by atoms with Gasteiger partial charge in [-0.15, -0.1) is 13.2 Å². The second kappa shape index (κ2) is 8.21. The maximum absolute atomic E-state index is 14.3. The maximum atomic E-state index is 14.3. The summed E-state index contributed by atoms with van der Waals surface area (Å²) in [6.45, 7) is 4.44. The third-order valence-corrected chi connectivity index (χ3v) is 3.88. The number of rotatable bonds is 6. The Morgan fingerprint density at radius 1 is 1.15 bits per heavy atom. The smallest absolute Gasteiger partial charge is 0.405 e. The molecule has 0 N–H and O–H groups in total. The van der Waals surface area contributed by atoms with Gasteiger partial charge in [-0.2, -0.15) is 0 Å². The fourth-order valence-electron chi connectivity index (χ4n) is 2.32. The van der Waals surface area contributed by atoms with E-state index < -0.39 is 12.2 Å². The van der Waals surface area contributed by atoms with Crippen molar-refractivity contribution < 1.29 is 22.3 Å². The van der Waals surface area contributed by atoms with Crippen molar-refractivity contribution in [1.82, 2.24) is 4.90 Å². The van der Waals surface area contributed by atoms with Gasteiger partial charge in [0.15, 0.2) is 0 Å². The van der Waals surface area contributed by atoms with Crippen LogP contribution in [0.4, 0.5) is 23.2 Å². The van der Waals surface area contributed by atoms with Gasteiger partial charge in [-0.3, -0.25) is 0 Å². The molecular weight excluding hydrogens is 348 g/mol. The third-order valence-electron chi connectivity index (χ3n) is 3.88. The summed E-state index contributed by atoms with van der Waals surface area (Å²) in [4.78, 5) is 5.90. The summed E-state index contributed by atoms with van der Waals surface area (Å²) in [5.41, 5.74) is 1.82. The zero-order chi connectivity index (χ0) is 19.3. The standard InChI is InChI=1S/C19H20F4N2O/c1-4-25(3)12-24-17-9-13(2)15(11-16(17)20)10-14-7-5-6-8-18(14)26-19(21,22)23/h5-9,11-12H,4,10H2,1-3H3/b24-12+. The Labute approximate surface area is 149 Å². The molecule has 2 aromatic rings. The monoisotopic (exact) mass is 368 g/mol. The van der Waals surface area contributed by atoms with Crippen LogP contribution in [0.1, 0.15) is 23.6 Å². The van der Waals surface area contributed by atoms with E-state index in [1.165, 1.54) is 30.6 Å². The zero-order valence-electron chi connectivity index (χ0n) is 14.8. The second-order valence-electron chi connectivity index (χ2n) is 5.88. The minimum atomic E-state index is -4.78. The van der Waals surface area contributed by atoms with E-state index in [1.54, 1.807) is 24.0 Å². The van der Waals surface area contributed by atoms with Crippen molar-refractivity contribution in [2.75, 3.05) is 13.6 Å². The van der Waals surface area contributed by atoms with Crippen LogP contribution in [0, 0.1) is 12.7 Å². The van der Waals surface area contributed by atoms with E-state index in [-0.39, 0.29) is 17.9 Å². The highest BCUT2D eigenvalue weighted by Gasteiger charge is 2.32. The Morgan fingerprint density at radius 3 is 2.50 bits per heavy atom. The normalized spacial score (nSPS) is 11.8. The Bertz CT molecular complexity index is 788.